The second-order valence-electron chi connectivity index (χ2n) is 6.93. The number of aryl methyl sites for hydroxylation is 2. The molecule has 31 heavy (non-hydrogen) atoms. The number of hydrogen-bond donors (Lipinski definition) is 1. The number of halogens is 1. The summed E-state index contributed by atoms with van der Waals surface area (Å²) >= 11 is 6.15. The van der Waals surface area contributed by atoms with Crippen LogP contribution in [0.5, 0.6) is 0 Å². The molecule has 0 aliphatic rings. The van der Waals surface area contributed by atoms with Gasteiger partial charge in [0.05, 0.1) is 16.3 Å². The lowest BCUT2D eigenvalue weighted by molar-refractivity contribution is 0.102. The first-order valence-corrected chi connectivity index (χ1v) is 11.6. The first kappa shape index (κ1) is 22.9. The monoisotopic (exact) mass is 461 g/mol. The van der Waals surface area contributed by atoms with Gasteiger partial charge in [0, 0.05) is 30.7 Å². The molecule has 3 aromatic rings. The summed E-state index contributed by atoms with van der Waals surface area (Å²) in [5, 5.41) is 7.17. The predicted molar refractivity (Wildman–Crippen MR) is 120 cm³/mol. The van der Waals surface area contributed by atoms with E-state index in [4.69, 9.17) is 11.6 Å². The van der Waals surface area contributed by atoms with Crippen LogP contribution in [0.3, 0.4) is 0 Å². The molecule has 1 amide bonds. The first-order valence-electron chi connectivity index (χ1n) is 9.78. The van der Waals surface area contributed by atoms with Crippen molar-refractivity contribution >= 4 is 33.2 Å². The Bertz CT molecular complexity index is 1200. The topological polar surface area (TPSA) is 97.2 Å². The van der Waals surface area contributed by atoms with Crippen molar-refractivity contribution in [3.63, 3.8) is 0 Å². The van der Waals surface area contributed by atoms with E-state index >= 15 is 0 Å². The van der Waals surface area contributed by atoms with Crippen molar-refractivity contribution in [2.45, 2.75) is 32.6 Å². The molecular formula is C21H24ClN5O3S. The van der Waals surface area contributed by atoms with Gasteiger partial charge in [-0.3, -0.25) is 4.79 Å². The molecule has 0 saturated heterocycles. The number of nitrogens with zero attached hydrogens (tertiary/aromatic N) is 4. The van der Waals surface area contributed by atoms with Crippen LogP contribution in [0.15, 0.2) is 47.5 Å². The number of sulfonamides is 1. The molecule has 1 N–H and O–H groups in total. The van der Waals surface area contributed by atoms with Gasteiger partial charge in [0.25, 0.3) is 5.91 Å². The minimum Gasteiger partial charge on any atom is -0.322 e. The summed E-state index contributed by atoms with van der Waals surface area (Å²) in [6.45, 7) is 7.96. The summed E-state index contributed by atoms with van der Waals surface area (Å²) in [6.07, 6.45) is 1.45. The third-order valence-electron chi connectivity index (χ3n) is 4.75. The van der Waals surface area contributed by atoms with Gasteiger partial charge in [0.15, 0.2) is 5.82 Å². The molecule has 0 unspecified atom stereocenters. The Morgan fingerprint density at radius 3 is 2.39 bits per heavy atom. The highest BCUT2D eigenvalue weighted by atomic mass is 35.5. The molecule has 1 aromatic carbocycles. The van der Waals surface area contributed by atoms with Crippen molar-refractivity contribution in [3.8, 4) is 5.82 Å². The summed E-state index contributed by atoms with van der Waals surface area (Å²) in [7, 11) is -3.77. The molecule has 0 saturated carbocycles. The molecular weight excluding hydrogens is 438 g/mol. The number of aromatic nitrogens is 3. The van der Waals surface area contributed by atoms with E-state index in [9.17, 15) is 13.2 Å². The van der Waals surface area contributed by atoms with Crippen molar-refractivity contribution in [2.75, 3.05) is 18.4 Å². The number of nitrogens with one attached hydrogen (secondary N) is 1. The number of anilines is 1. The average Bonchev–Trinajstić information content (AvgIpc) is 3.08. The highest BCUT2D eigenvalue weighted by molar-refractivity contribution is 7.89. The Morgan fingerprint density at radius 1 is 1.13 bits per heavy atom. The van der Waals surface area contributed by atoms with E-state index in [0.717, 1.165) is 11.4 Å². The molecule has 10 heteroatoms. The summed E-state index contributed by atoms with van der Waals surface area (Å²) in [5.74, 6) is 0.183. The van der Waals surface area contributed by atoms with E-state index < -0.39 is 15.9 Å². The largest absolute Gasteiger partial charge is 0.322 e. The van der Waals surface area contributed by atoms with Gasteiger partial charge in [-0.25, -0.2) is 18.1 Å². The molecule has 0 spiro atoms. The van der Waals surface area contributed by atoms with Gasteiger partial charge < -0.3 is 5.32 Å². The van der Waals surface area contributed by atoms with Crippen LogP contribution in [0.1, 0.15) is 35.6 Å². The number of hydrogen-bond acceptors (Lipinski definition) is 5. The highest BCUT2D eigenvalue weighted by Gasteiger charge is 2.25. The zero-order valence-electron chi connectivity index (χ0n) is 17.8. The molecule has 0 aliphatic carbocycles. The third kappa shape index (κ3) is 4.79. The maximum Gasteiger partial charge on any atom is 0.257 e. The number of benzene rings is 1. The fourth-order valence-corrected chi connectivity index (χ4v) is 5.15. The van der Waals surface area contributed by atoms with Gasteiger partial charge in [0.2, 0.25) is 10.0 Å². The summed E-state index contributed by atoms with van der Waals surface area (Å²) < 4.78 is 28.7. The standard InChI is InChI=1S/C21H24ClN5O3S/c1-5-26(6-2)31(29,30)19-12-17(8-9-18(19)22)24-21(28)16-7-10-20(23-13-16)27-15(4)11-14(3)25-27/h7-13H,5-6H2,1-4H3,(H,24,28). The van der Waals surface area contributed by atoms with Crippen LogP contribution in [-0.2, 0) is 10.0 Å². The SMILES string of the molecule is CCN(CC)S(=O)(=O)c1cc(NC(=O)c2ccc(-n3nc(C)cc3C)nc2)ccc1Cl. The lowest BCUT2D eigenvalue weighted by Gasteiger charge is -2.19. The number of carbonyl (C=O) groups excluding carboxylic acids is 1. The Balaban J connectivity index is 1.83. The lowest BCUT2D eigenvalue weighted by atomic mass is 10.2. The Morgan fingerprint density at radius 2 is 1.84 bits per heavy atom. The Kier molecular flexibility index (Phi) is 6.78. The predicted octanol–water partition coefficient (Wildman–Crippen LogP) is 3.82. The molecule has 2 aromatic heterocycles. The maximum absolute atomic E-state index is 12.8. The minimum atomic E-state index is -3.77. The third-order valence-corrected chi connectivity index (χ3v) is 7.28. The van der Waals surface area contributed by atoms with Crippen LogP contribution in [-0.4, -0.2) is 46.5 Å². The van der Waals surface area contributed by atoms with Gasteiger partial charge in [-0.15, -0.1) is 0 Å². The molecule has 0 aliphatic heterocycles. The van der Waals surface area contributed by atoms with Crippen molar-refractivity contribution in [1.29, 1.82) is 0 Å². The summed E-state index contributed by atoms with van der Waals surface area (Å²) in [6, 6.07) is 9.65. The number of carbonyl (C=O) groups is 1. The quantitative estimate of drug-likeness (QED) is 0.576. The van der Waals surface area contributed by atoms with E-state index in [0.29, 0.717) is 30.2 Å². The number of rotatable bonds is 7. The van der Waals surface area contributed by atoms with Crippen LogP contribution in [0.4, 0.5) is 5.69 Å². The fourth-order valence-electron chi connectivity index (χ4n) is 3.19. The summed E-state index contributed by atoms with van der Waals surface area (Å²) in [5.41, 5.74) is 2.46. The first-order chi connectivity index (χ1) is 14.7. The molecule has 3 rings (SSSR count). The number of pyridine rings is 1. The van der Waals surface area contributed by atoms with Crippen LogP contribution < -0.4 is 5.32 Å². The van der Waals surface area contributed by atoms with E-state index in [2.05, 4.69) is 15.4 Å². The Labute approximate surface area is 186 Å². The smallest absolute Gasteiger partial charge is 0.257 e. The molecule has 8 nitrogen and oxygen atoms in total. The Hall–Kier alpha value is -2.75. The van der Waals surface area contributed by atoms with Crippen LogP contribution in [0.25, 0.3) is 5.82 Å². The van der Waals surface area contributed by atoms with Crippen molar-refractivity contribution in [3.05, 3.63) is 64.6 Å². The van der Waals surface area contributed by atoms with Crippen LogP contribution >= 0.6 is 11.6 Å². The molecule has 0 atom stereocenters. The maximum atomic E-state index is 12.8. The van der Waals surface area contributed by atoms with E-state index in [1.165, 1.54) is 22.6 Å². The minimum absolute atomic E-state index is 0.0475. The van der Waals surface area contributed by atoms with Crippen LogP contribution in [0, 0.1) is 13.8 Å². The van der Waals surface area contributed by atoms with Gasteiger partial charge >= 0.3 is 0 Å². The molecule has 164 valence electrons. The number of amides is 1. The van der Waals surface area contributed by atoms with E-state index in [1.54, 1.807) is 36.7 Å². The normalized spacial score (nSPS) is 11.7. The molecule has 2 heterocycles. The van der Waals surface area contributed by atoms with Gasteiger partial charge in [0.1, 0.15) is 4.90 Å². The fraction of sp³-hybridized carbons (Fsp3) is 0.286. The van der Waals surface area contributed by atoms with Crippen molar-refractivity contribution in [1.82, 2.24) is 19.1 Å². The van der Waals surface area contributed by atoms with Crippen molar-refractivity contribution < 1.29 is 13.2 Å². The van der Waals surface area contributed by atoms with E-state index in [1.807, 2.05) is 19.9 Å². The van der Waals surface area contributed by atoms with Crippen LogP contribution in [0.2, 0.25) is 5.02 Å². The average molecular weight is 462 g/mol. The van der Waals surface area contributed by atoms with Gasteiger partial charge in [-0.1, -0.05) is 25.4 Å². The van der Waals surface area contributed by atoms with Gasteiger partial charge in [-0.2, -0.15) is 9.40 Å². The molecule has 0 bridgehead atoms. The second-order valence-corrected chi connectivity index (χ2v) is 9.25. The zero-order valence-corrected chi connectivity index (χ0v) is 19.3. The highest BCUT2D eigenvalue weighted by Crippen LogP contribution is 2.28. The van der Waals surface area contributed by atoms with Crippen molar-refractivity contribution in [2.24, 2.45) is 0 Å². The lowest BCUT2D eigenvalue weighted by Crippen LogP contribution is -2.30. The molecule has 0 radical (unpaired) electrons. The van der Waals surface area contributed by atoms with Gasteiger partial charge in [-0.05, 0) is 50.2 Å². The zero-order chi connectivity index (χ0) is 22.8. The molecule has 0 fully saturated rings. The van der Waals surface area contributed by atoms with E-state index in [-0.39, 0.29) is 9.92 Å². The second kappa shape index (κ2) is 9.17. The summed E-state index contributed by atoms with van der Waals surface area (Å²) in [4.78, 5) is 16.9.